The van der Waals surface area contributed by atoms with Crippen LogP contribution in [0.2, 0.25) is 0 Å². The Morgan fingerprint density at radius 1 is 1.05 bits per heavy atom. The fourth-order valence-corrected chi connectivity index (χ4v) is 7.94. The predicted molar refractivity (Wildman–Crippen MR) is 89.4 cm³/mol. The molecule has 0 radical (unpaired) electrons. The number of Topliss-reactive ketones (excluding diaryl/α,β-unsaturated/α-hetero) is 1. The lowest BCUT2D eigenvalue weighted by atomic mass is 9.45. The lowest BCUT2D eigenvalue weighted by molar-refractivity contribution is -0.136. The molecule has 5 unspecified atom stereocenters. The van der Waals surface area contributed by atoms with Crippen molar-refractivity contribution in [1.82, 2.24) is 0 Å². The Labute approximate surface area is 137 Å². The van der Waals surface area contributed by atoms with Gasteiger partial charge in [0, 0.05) is 6.42 Å². The Bertz CT molecular complexity index is 460. The minimum Gasteiger partial charge on any atom is -0.298 e. The van der Waals surface area contributed by atoms with Crippen molar-refractivity contribution in [3.63, 3.8) is 0 Å². The standard InChI is InChI=1S/C19H29BrO/c1-18-8-3-4-14(18)13-6-5-12-10-17(21)16(20)11-19(12,2)15(13)7-9-18/h12-16H,3-11H2,1-2H3/t12-,13?,14?,15?,16+,18?,19?/m0/s1. The summed E-state index contributed by atoms with van der Waals surface area (Å²) >= 11 is 3.68. The molecular formula is C19H29BrO. The van der Waals surface area contributed by atoms with Gasteiger partial charge in [-0.2, -0.15) is 0 Å². The van der Waals surface area contributed by atoms with E-state index in [0.29, 0.717) is 22.5 Å². The second-order valence-corrected chi connectivity index (χ2v) is 10.2. The summed E-state index contributed by atoms with van der Waals surface area (Å²) in [6, 6.07) is 0. The third kappa shape index (κ3) is 2.03. The first-order valence-corrected chi connectivity index (χ1v) is 10.0. The van der Waals surface area contributed by atoms with E-state index in [9.17, 15) is 4.79 Å². The molecule has 0 aromatic rings. The summed E-state index contributed by atoms with van der Waals surface area (Å²) in [7, 11) is 0. The molecule has 2 heteroatoms. The van der Waals surface area contributed by atoms with Gasteiger partial charge in [0.25, 0.3) is 0 Å². The van der Waals surface area contributed by atoms with Crippen molar-refractivity contribution in [1.29, 1.82) is 0 Å². The number of carbonyl (C=O) groups excluding carboxylic acids is 1. The van der Waals surface area contributed by atoms with Crippen LogP contribution in [0.5, 0.6) is 0 Å². The van der Waals surface area contributed by atoms with E-state index in [2.05, 4.69) is 29.8 Å². The highest BCUT2D eigenvalue weighted by atomic mass is 79.9. The summed E-state index contributed by atoms with van der Waals surface area (Å²) in [5, 5.41) is 0. The van der Waals surface area contributed by atoms with Crippen LogP contribution in [-0.2, 0) is 4.79 Å². The third-order valence-electron chi connectivity index (χ3n) is 8.26. The second-order valence-electron chi connectivity index (χ2n) is 9.08. The van der Waals surface area contributed by atoms with Crippen LogP contribution in [0.4, 0.5) is 0 Å². The van der Waals surface area contributed by atoms with Gasteiger partial charge >= 0.3 is 0 Å². The molecule has 0 aliphatic heterocycles. The van der Waals surface area contributed by atoms with E-state index >= 15 is 0 Å². The summed E-state index contributed by atoms with van der Waals surface area (Å²) in [5.74, 6) is 3.98. The zero-order chi connectivity index (χ0) is 14.8. The van der Waals surface area contributed by atoms with Crippen molar-refractivity contribution < 1.29 is 4.79 Å². The number of hydrogen-bond acceptors (Lipinski definition) is 1. The molecule has 4 aliphatic rings. The molecule has 21 heavy (non-hydrogen) atoms. The van der Waals surface area contributed by atoms with Crippen LogP contribution in [-0.4, -0.2) is 10.6 Å². The molecule has 0 amide bonds. The Hall–Kier alpha value is 0.150. The van der Waals surface area contributed by atoms with Gasteiger partial charge in [-0.25, -0.2) is 0 Å². The molecule has 118 valence electrons. The first-order valence-electron chi connectivity index (χ1n) is 9.11. The summed E-state index contributed by atoms with van der Waals surface area (Å²) in [6.45, 7) is 5.11. The molecular weight excluding hydrogens is 324 g/mol. The van der Waals surface area contributed by atoms with E-state index in [4.69, 9.17) is 0 Å². The third-order valence-corrected chi connectivity index (χ3v) is 9.10. The molecule has 0 aromatic heterocycles. The molecule has 0 spiro atoms. The average molecular weight is 353 g/mol. The molecule has 0 heterocycles. The van der Waals surface area contributed by atoms with E-state index in [0.717, 1.165) is 30.6 Å². The molecule has 0 bridgehead atoms. The Balaban J connectivity index is 1.65. The Kier molecular flexibility index (Phi) is 3.38. The molecule has 1 nitrogen and oxygen atoms in total. The monoisotopic (exact) mass is 352 g/mol. The largest absolute Gasteiger partial charge is 0.298 e. The Morgan fingerprint density at radius 2 is 1.86 bits per heavy atom. The summed E-state index contributed by atoms with van der Waals surface area (Å²) < 4.78 is 0. The topological polar surface area (TPSA) is 17.1 Å². The molecule has 7 atom stereocenters. The number of hydrogen-bond donors (Lipinski definition) is 0. The zero-order valence-corrected chi connectivity index (χ0v) is 15.1. The van der Waals surface area contributed by atoms with Gasteiger partial charge in [-0.05, 0) is 79.4 Å². The van der Waals surface area contributed by atoms with Gasteiger partial charge in [0.2, 0.25) is 0 Å². The molecule has 0 N–H and O–H groups in total. The molecule has 4 aliphatic carbocycles. The second kappa shape index (κ2) is 4.82. The van der Waals surface area contributed by atoms with Gasteiger partial charge < -0.3 is 0 Å². The smallest absolute Gasteiger partial charge is 0.146 e. The normalized spacial score (nSPS) is 56.5. The van der Waals surface area contributed by atoms with Crippen LogP contribution >= 0.6 is 15.9 Å². The lowest BCUT2D eigenvalue weighted by Gasteiger charge is -2.60. The number of alkyl halides is 1. The van der Waals surface area contributed by atoms with Crippen molar-refractivity contribution in [2.75, 3.05) is 0 Å². The lowest BCUT2D eigenvalue weighted by Crippen LogP contribution is -2.54. The fraction of sp³-hybridized carbons (Fsp3) is 0.947. The van der Waals surface area contributed by atoms with Crippen LogP contribution in [0, 0.1) is 34.5 Å². The van der Waals surface area contributed by atoms with E-state index in [-0.39, 0.29) is 4.83 Å². The maximum Gasteiger partial charge on any atom is 0.146 e. The van der Waals surface area contributed by atoms with Gasteiger partial charge in [-0.15, -0.1) is 0 Å². The number of carbonyl (C=O) groups is 1. The Morgan fingerprint density at radius 3 is 2.67 bits per heavy atom. The summed E-state index contributed by atoms with van der Waals surface area (Å²) in [6.07, 6.45) is 12.0. The van der Waals surface area contributed by atoms with Gasteiger partial charge in [0.1, 0.15) is 5.78 Å². The van der Waals surface area contributed by atoms with Crippen molar-refractivity contribution in [2.45, 2.75) is 76.5 Å². The molecule has 4 rings (SSSR count). The number of rotatable bonds is 0. The van der Waals surface area contributed by atoms with Gasteiger partial charge in [0.05, 0.1) is 4.83 Å². The number of fused-ring (bicyclic) bond motifs is 5. The van der Waals surface area contributed by atoms with E-state index in [1.165, 1.54) is 44.9 Å². The van der Waals surface area contributed by atoms with Gasteiger partial charge in [-0.1, -0.05) is 36.2 Å². The highest BCUT2D eigenvalue weighted by Gasteiger charge is 2.58. The first-order chi connectivity index (χ1) is 9.94. The quantitative estimate of drug-likeness (QED) is 0.536. The first kappa shape index (κ1) is 14.7. The molecule has 0 aromatic carbocycles. The molecule has 4 saturated carbocycles. The van der Waals surface area contributed by atoms with E-state index in [1.54, 1.807) is 0 Å². The van der Waals surface area contributed by atoms with Crippen LogP contribution in [0.15, 0.2) is 0 Å². The fourth-order valence-electron chi connectivity index (χ4n) is 7.05. The summed E-state index contributed by atoms with van der Waals surface area (Å²) in [4.78, 5) is 12.3. The predicted octanol–water partition coefficient (Wildman–Crippen LogP) is 5.36. The van der Waals surface area contributed by atoms with Crippen molar-refractivity contribution in [3.8, 4) is 0 Å². The number of halogens is 1. The number of ketones is 1. The molecule has 4 fully saturated rings. The van der Waals surface area contributed by atoms with Gasteiger partial charge in [0.15, 0.2) is 0 Å². The van der Waals surface area contributed by atoms with Crippen molar-refractivity contribution >= 4 is 21.7 Å². The minimum atomic E-state index is 0.134. The van der Waals surface area contributed by atoms with Gasteiger partial charge in [-0.3, -0.25) is 4.79 Å². The van der Waals surface area contributed by atoms with Crippen LogP contribution in [0.25, 0.3) is 0 Å². The van der Waals surface area contributed by atoms with Crippen LogP contribution in [0.1, 0.15) is 71.6 Å². The highest BCUT2D eigenvalue weighted by Crippen LogP contribution is 2.66. The van der Waals surface area contributed by atoms with Crippen LogP contribution in [0.3, 0.4) is 0 Å². The van der Waals surface area contributed by atoms with E-state index < -0.39 is 0 Å². The average Bonchev–Trinajstić information content (AvgIpc) is 2.82. The zero-order valence-electron chi connectivity index (χ0n) is 13.5. The van der Waals surface area contributed by atoms with Crippen molar-refractivity contribution in [3.05, 3.63) is 0 Å². The molecule has 0 saturated heterocycles. The van der Waals surface area contributed by atoms with E-state index in [1.807, 2.05) is 0 Å². The summed E-state index contributed by atoms with van der Waals surface area (Å²) in [5.41, 5.74) is 1.08. The highest BCUT2D eigenvalue weighted by molar-refractivity contribution is 9.10. The maximum atomic E-state index is 12.1. The van der Waals surface area contributed by atoms with Crippen molar-refractivity contribution in [2.24, 2.45) is 34.5 Å². The minimum absolute atomic E-state index is 0.134. The SMILES string of the molecule is CC12CCCC1C1CC[C@H]3CC(=O)[C@H](Br)CC3(C)C1CC2. The van der Waals surface area contributed by atoms with Crippen LogP contribution < -0.4 is 0 Å². The maximum absolute atomic E-state index is 12.1.